The van der Waals surface area contributed by atoms with Gasteiger partial charge in [0.2, 0.25) is 11.4 Å². The summed E-state index contributed by atoms with van der Waals surface area (Å²) in [5, 5.41) is 3.01. The average molecular weight is 630 g/mol. The van der Waals surface area contributed by atoms with Crippen LogP contribution in [0.1, 0.15) is 35.9 Å². The SMILES string of the molecule is CCC(=Cc1sc2ccc3ccccc3c2[n+]1CCCS(=O)(=O)O)/C=C1\Oc2cc(C)c(C)cc2N1CCS(=O)(=O)O. The molecular formula is C30H33N2O7S3+. The van der Waals surface area contributed by atoms with Crippen LogP contribution in [0.3, 0.4) is 0 Å². The second kappa shape index (κ2) is 11.8. The van der Waals surface area contributed by atoms with Crippen molar-refractivity contribution >= 4 is 64.3 Å². The van der Waals surface area contributed by atoms with Crippen LogP contribution >= 0.6 is 11.3 Å². The number of aryl methyl sites for hydroxylation is 3. The van der Waals surface area contributed by atoms with Gasteiger partial charge in [-0.1, -0.05) is 42.5 Å². The maximum Gasteiger partial charge on any atom is 0.266 e. The number of ether oxygens (including phenoxy) is 1. The highest BCUT2D eigenvalue weighted by Crippen LogP contribution is 2.41. The Morgan fingerprint density at radius 3 is 2.43 bits per heavy atom. The van der Waals surface area contributed by atoms with E-state index in [4.69, 9.17) is 4.74 Å². The predicted molar refractivity (Wildman–Crippen MR) is 167 cm³/mol. The predicted octanol–water partition coefficient (Wildman–Crippen LogP) is 5.66. The van der Waals surface area contributed by atoms with Crippen molar-refractivity contribution in [2.45, 2.75) is 40.2 Å². The zero-order valence-electron chi connectivity index (χ0n) is 23.6. The summed E-state index contributed by atoms with van der Waals surface area (Å²) in [4.78, 5) is 1.76. The number of hydrogen-bond acceptors (Lipinski definition) is 7. The fourth-order valence-corrected chi connectivity index (χ4v) is 7.16. The van der Waals surface area contributed by atoms with Gasteiger partial charge in [-0.05, 0) is 66.6 Å². The van der Waals surface area contributed by atoms with Gasteiger partial charge in [-0.15, -0.1) is 0 Å². The van der Waals surface area contributed by atoms with Crippen molar-refractivity contribution in [3.8, 4) is 5.75 Å². The van der Waals surface area contributed by atoms with Gasteiger partial charge in [0.05, 0.1) is 22.6 Å². The number of nitrogens with zero attached hydrogens (tertiary/aromatic N) is 2. The van der Waals surface area contributed by atoms with E-state index in [0.717, 1.165) is 48.4 Å². The lowest BCUT2D eigenvalue weighted by molar-refractivity contribution is -0.667. The van der Waals surface area contributed by atoms with Crippen LogP contribution < -0.4 is 14.2 Å². The summed E-state index contributed by atoms with van der Waals surface area (Å²) in [7, 11) is -8.30. The molecule has 1 aliphatic heterocycles. The quantitative estimate of drug-likeness (QED) is 0.170. The Labute approximate surface area is 249 Å². The lowest BCUT2D eigenvalue weighted by atomic mass is 10.1. The molecule has 12 heteroatoms. The van der Waals surface area contributed by atoms with Gasteiger partial charge in [0, 0.05) is 25.1 Å². The number of fused-ring (bicyclic) bond motifs is 4. The summed E-state index contributed by atoms with van der Waals surface area (Å²) in [6.45, 7) is 6.36. The summed E-state index contributed by atoms with van der Waals surface area (Å²) in [5.74, 6) is 0.270. The van der Waals surface area contributed by atoms with Gasteiger partial charge in [-0.25, -0.2) is 0 Å². The Morgan fingerprint density at radius 1 is 1.00 bits per heavy atom. The second-order valence-corrected chi connectivity index (χ2v) is 14.6. The molecule has 5 rings (SSSR count). The first-order valence-corrected chi connectivity index (χ1v) is 17.6. The third-order valence-corrected chi connectivity index (χ3v) is 9.94. The molecule has 0 amide bonds. The van der Waals surface area contributed by atoms with Crippen molar-refractivity contribution in [2.75, 3.05) is 23.0 Å². The molecule has 1 aromatic heterocycles. The van der Waals surface area contributed by atoms with E-state index in [2.05, 4.69) is 16.7 Å². The highest BCUT2D eigenvalue weighted by atomic mass is 32.2. The number of benzene rings is 3. The molecule has 42 heavy (non-hydrogen) atoms. The van der Waals surface area contributed by atoms with E-state index in [9.17, 15) is 25.9 Å². The lowest BCUT2D eigenvalue weighted by Crippen LogP contribution is -2.36. The summed E-state index contributed by atoms with van der Waals surface area (Å²) in [6.07, 6.45) is 4.78. The van der Waals surface area contributed by atoms with Gasteiger partial charge in [-0.3, -0.25) is 9.11 Å². The van der Waals surface area contributed by atoms with Crippen LogP contribution in [0, 0.1) is 13.8 Å². The van der Waals surface area contributed by atoms with Gasteiger partial charge in [-0.2, -0.15) is 21.4 Å². The standard InChI is InChI=1S/C30H32N2O7S3/c1-4-22(18-28-31(13-15-42(36,37)38)25-16-20(2)21(3)17-26(25)39-28)19-29-32(12-7-14-41(33,34)35)30-24-9-6-5-8-23(24)10-11-27(30)40-29/h5-6,8-11,16-19H,4,7,12-15H2,1-3H3,(H-,33,34,35,36,37,38)/p+1. The number of allylic oxidation sites excluding steroid dienone is 2. The minimum absolute atomic E-state index is 0.0155. The zero-order chi connectivity index (χ0) is 30.2. The third-order valence-electron chi connectivity index (χ3n) is 7.34. The highest BCUT2D eigenvalue weighted by molar-refractivity contribution is 7.86. The summed E-state index contributed by atoms with van der Waals surface area (Å²) < 4.78 is 74.3. The van der Waals surface area contributed by atoms with Crippen LogP contribution in [0.5, 0.6) is 5.75 Å². The molecular weight excluding hydrogens is 597 g/mol. The van der Waals surface area contributed by atoms with Gasteiger partial charge in [0.25, 0.3) is 25.2 Å². The Balaban J connectivity index is 1.60. The molecule has 0 saturated heterocycles. The van der Waals surface area contributed by atoms with Crippen LogP contribution in [0.15, 0.2) is 66.1 Å². The average Bonchev–Trinajstić information content (AvgIpc) is 3.43. The number of hydrogen-bond donors (Lipinski definition) is 2. The largest absolute Gasteiger partial charge is 0.439 e. The Morgan fingerprint density at radius 2 is 1.71 bits per heavy atom. The topological polar surface area (TPSA) is 125 Å². The van der Waals surface area contributed by atoms with E-state index in [-0.39, 0.29) is 18.7 Å². The van der Waals surface area contributed by atoms with E-state index in [1.54, 1.807) is 16.2 Å². The highest BCUT2D eigenvalue weighted by Gasteiger charge is 2.29. The Hall–Kier alpha value is -3.29. The molecule has 0 spiro atoms. The van der Waals surface area contributed by atoms with Gasteiger partial charge < -0.3 is 9.64 Å². The van der Waals surface area contributed by atoms with E-state index >= 15 is 0 Å². The van der Waals surface area contributed by atoms with Crippen molar-refractivity contribution in [3.63, 3.8) is 0 Å². The van der Waals surface area contributed by atoms with Crippen molar-refractivity contribution in [1.82, 2.24) is 0 Å². The van der Waals surface area contributed by atoms with E-state index in [1.165, 1.54) is 0 Å². The molecule has 3 aromatic carbocycles. The molecule has 2 heterocycles. The summed E-state index contributed by atoms with van der Waals surface area (Å²) in [5.41, 5.74) is 4.71. The number of rotatable bonds is 10. The smallest absolute Gasteiger partial charge is 0.266 e. The van der Waals surface area contributed by atoms with Crippen LogP contribution in [-0.2, 0) is 26.8 Å². The van der Waals surface area contributed by atoms with Crippen LogP contribution in [0.25, 0.3) is 27.1 Å². The number of thiazole rings is 1. The molecule has 1 aliphatic rings. The van der Waals surface area contributed by atoms with Crippen molar-refractivity contribution in [1.29, 1.82) is 0 Å². The molecule has 0 fully saturated rings. The molecule has 0 unspecified atom stereocenters. The molecule has 0 atom stereocenters. The zero-order valence-corrected chi connectivity index (χ0v) is 26.0. The van der Waals surface area contributed by atoms with Crippen LogP contribution in [-0.4, -0.2) is 44.0 Å². The number of anilines is 1. The van der Waals surface area contributed by atoms with Crippen molar-refractivity contribution < 1.29 is 35.2 Å². The molecule has 2 N–H and O–H groups in total. The van der Waals surface area contributed by atoms with Crippen molar-refractivity contribution in [3.05, 3.63) is 82.2 Å². The van der Waals surface area contributed by atoms with E-state index in [0.29, 0.717) is 24.6 Å². The first kappa shape index (κ1) is 30.2. The minimum atomic E-state index is -4.20. The summed E-state index contributed by atoms with van der Waals surface area (Å²) >= 11 is 1.58. The molecule has 9 nitrogen and oxygen atoms in total. The molecule has 0 radical (unpaired) electrons. The normalized spacial score (nSPS) is 15.1. The molecule has 4 aromatic rings. The van der Waals surface area contributed by atoms with Gasteiger partial charge in [0.1, 0.15) is 4.70 Å². The minimum Gasteiger partial charge on any atom is -0.439 e. The first-order chi connectivity index (χ1) is 19.8. The lowest BCUT2D eigenvalue weighted by Gasteiger charge is -2.18. The second-order valence-electron chi connectivity index (χ2n) is 10.4. The maximum absolute atomic E-state index is 11.6. The van der Waals surface area contributed by atoms with Gasteiger partial charge >= 0.3 is 0 Å². The monoisotopic (exact) mass is 629 g/mol. The van der Waals surface area contributed by atoms with Crippen LogP contribution in [0.2, 0.25) is 0 Å². The molecule has 0 aliphatic carbocycles. The maximum atomic E-state index is 11.6. The fraction of sp³-hybridized carbons (Fsp3) is 0.300. The summed E-state index contributed by atoms with van der Waals surface area (Å²) in [6, 6.07) is 16.0. The fourth-order valence-electron chi connectivity index (χ4n) is 5.07. The number of aromatic nitrogens is 1. The first-order valence-electron chi connectivity index (χ1n) is 13.6. The Kier molecular flexibility index (Phi) is 8.46. The molecule has 0 bridgehead atoms. The Bertz CT molecular complexity index is 1960. The van der Waals surface area contributed by atoms with Crippen molar-refractivity contribution in [2.24, 2.45) is 0 Å². The molecule has 0 saturated carbocycles. The van der Waals surface area contributed by atoms with E-state index in [1.807, 2.05) is 69.3 Å². The third kappa shape index (κ3) is 6.68. The van der Waals surface area contributed by atoms with Gasteiger partial charge in [0.15, 0.2) is 12.3 Å². The molecule has 222 valence electrons. The van der Waals surface area contributed by atoms with Crippen LogP contribution in [0.4, 0.5) is 5.69 Å². The van der Waals surface area contributed by atoms with E-state index < -0.39 is 26.0 Å².